The lowest BCUT2D eigenvalue weighted by Gasteiger charge is -2.31. The van der Waals surface area contributed by atoms with Gasteiger partial charge in [0, 0.05) is 19.5 Å². The van der Waals surface area contributed by atoms with Crippen LogP contribution in [0, 0.1) is 0 Å². The number of anilines is 1. The average Bonchev–Trinajstić information content (AvgIpc) is 2.63. The minimum absolute atomic E-state index is 0.0354. The first-order chi connectivity index (χ1) is 12.6. The van der Waals surface area contributed by atoms with Crippen LogP contribution in [0.4, 0.5) is 5.69 Å². The van der Waals surface area contributed by atoms with Crippen LogP contribution in [0.15, 0.2) is 29.3 Å². The van der Waals surface area contributed by atoms with Crippen LogP contribution < -0.4 is 5.32 Å². The second-order valence-corrected chi connectivity index (χ2v) is 7.77. The standard InChI is InChI=1S/C19H26ClN3O2S/c1-3-5-11-21-19-23(12-6-4-2)17(24)13-16(26-19)18(25)22-15-10-8-7-9-14(15)20/h7-10,16H,3-6,11-13H2,1-2H3,(H,22,25)/t16-/m1/s1. The van der Waals surface area contributed by atoms with Crippen molar-refractivity contribution in [1.29, 1.82) is 0 Å². The van der Waals surface area contributed by atoms with Crippen LogP contribution >= 0.6 is 23.4 Å². The maximum Gasteiger partial charge on any atom is 0.238 e. The number of benzene rings is 1. The van der Waals surface area contributed by atoms with Gasteiger partial charge < -0.3 is 5.32 Å². The van der Waals surface area contributed by atoms with Gasteiger partial charge >= 0.3 is 0 Å². The van der Waals surface area contributed by atoms with Crippen molar-refractivity contribution in [1.82, 2.24) is 4.90 Å². The van der Waals surface area contributed by atoms with Crippen LogP contribution in [0.2, 0.25) is 5.02 Å². The lowest BCUT2D eigenvalue weighted by Crippen LogP contribution is -2.45. The zero-order chi connectivity index (χ0) is 18.9. The molecule has 2 rings (SSSR count). The van der Waals surface area contributed by atoms with E-state index in [0.29, 0.717) is 29.0 Å². The highest BCUT2D eigenvalue weighted by Gasteiger charge is 2.35. The van der Waals surface area contributed by atoms with Crippen molar-refractivity contribution in [3.05, 3.63) is 29.3 Å². The number of unbranched alkanes of at least 4 members (excludes halogenated alkanes) is 2. The lowest BCUT2D eigenvalue weighted by molar-refractivity contribution is -0.129. The Bertz CT molecular complexity index is 666. The van der Waals surface area contributed by atoms with E-state index >= 15 is 0 Å². The third kappa shape index (κ3) is 5.74. The molecule has 1 saturated heterocycles. The monoisotopic (exact) mass is 395 g/mol. The van der Waals surface area contributed by atoms with E-state index in [0.717, 1.165) is 25.7 Å². The van der Waals surface area contributed by atoms with Gasteiger partial charge in [0.1, 0.15) is 5.25 Å². The number of halogens is 1. The Kier molecular flexibility index (Phi) is 8.45. The highest BCUT2D eigenvalue weighted by molar-refractivity contribution is 8.15. The minimum atomic E-state index is -0.489. The van der Waals surface area contributed by atoms with E-state index in [-0.39, 0.29) is 18.2 Å². The second kappa shape index (κ2) is 10.6. The molecule has 0 aromatic heterocycles. The van der Waals surface area contributed by atoms with Crippen LogP contribution in [0.25, 0.3) is 0 Å². The Morgan fingerprint density at radius 3 is 2.73 bits per heavy atom. The molecule has 5 nitrogen and oxygen atoms in total. The largest absolute Gasteiger partial charge is 0.324 e. The van der Waals surface area contributed by atoms with E-state index in [1.807, 2.05) is 6.07 Å². The summed E-state index contributed by atoms with van der Waals surface area (Å²) in [5, 5.41) is 3.49. The van der Waals surface area contributed by atoms with E-state index in [4.69, 9.17) is 11.6 Å². The topological polar surface area (TPSA) is 61.8 Å². The molecule has 0 aliphatic carbocycles. The predicted molar refractivity (Wildman–Crippen MR) is 110 cm³/mol. The molecule has 26 heavy (non-hydrogen) atoms. The van der Waals surface area contributed by atoms with Crippen LogP contribution in [-0.4, -0.2) is 40.2 Å². The highest BCUT2D eigenvalue weighted by atomic mass is 35.5. The summed E-state index contributed by atoms with van der Waals surface area (Å²) in [5.74, 6) is -0.249. The first-order valence-corrected chi connectivity index (χ1v) is 10.4. The number of hydrogen-bond acceptors (Lipinski definition) is 4. The van der Waals surface area contributed by atoms with Gasteiger partial charge in [-0.15, -0.1) is 0 Å². The summed E-state index contributed by atoms with van der Waals surface area (Å²) in [4.78, 5) is 31.6. The van der Waals surface area contributed by atoms with Gasteiger partial charge in [0.2, 0.25) is 11.8 Å². The minimum Gasteiger partial charge on any atom is -0.324 e. The van der Waals surface area contributed by atoms with Crippen molar-refractivity contribution in [2.24, 2.45) is 4.99 Å². The summed E-state index contributed by atoms with van der Waals surface area (Å²) >= 11 is 7.49. The van der Waals surface area contributed by atoms with Gasteiger partial charge in [0.15, 0.2) is 5.17 Å². The van der Waals surface area contributed by atoms with Gasteiger partial charge in [-0.3, -0.25) is 19.5 Å². The van der Waals surface area contributed by atoms with E-state index in [1.54, 1.807) is 23.1 Å². The van der Waals surface area contributed by atoms with Crippen molar-refractivity contribution in [2.75, 3.05) is 18.4 Å². The van der Waals surface area contributed by atoms with E-state index in [9.17, 15) is 9.59 Å². The van der Waals surface area contributed by atoms with Crippen molar-refractivity contribution in [3.8, 4) is 0 Å². The Hall–Kier alpha value is -1.53. The number of carbonyl (C=O) groups is 2. The number of rotatable bonds is 8. The number of thioether (sulfide) groups is 1. The van der Waals surface area contributed by atoms with Crippen molar-refractivity contribution in [2.45, 2.75) is 51.2 Å². The molecule has 0 bridgehead atoms. The molecular weight excluding hydrogens is 370 g/mol. The van der Waals surface area contributed by atoms with Crippen LogP contribution in [-0.2, 0) is 9.59 Å². The van der Waals surface area contributed by atoms with Crippen molar-refractivity contribution < 1.29 is 9.59 Å². The Morgan fingerprint density at radius 1 is 1.31 bits per heavy atom. The fraction of sp³-hybridized carbons (Fsp3) is 0.526. The molecule has 1 heterocycles. The van der Waals surface area contributed by atoms with Gasteiger partial charge in [-0.1, -0.05) is 62.2 Å². The van der Waals surface area contributed by atoms with Gasteiger partial charge in [-0.2, -0.15) is 0 Å². The van der Waals surface area contributed by atoms with Crippen LogP contribution in [0.5, 0.6) is 0 Å². The van der Waals surface area contributed by atoms with Crippen LogP contribution in [0.3, 0.4) is 0 Å². The predicted octanol–water partition coefficient (Wildman–Crippen LogP) is 4.57. The first-order valence-electron chi connectivity index (χ1n) is 9.13. The molecule has 1 aliphatic rings. The molecule has 1 fully saturated rings. The van der Waals surface area contributed by atoms with Crippen LogP contribution in [0.1, 0.15) is 46.0 Å². The van der Waals surface area contributed by atoms with Gasteiger partial charge in [0.05, 0.1) is 10.7 Å². The maximum atomic E-state index is 12.6. The van der Waals surface area contributed by atoms with Gasteiger partial charge in [0.25, 0.3) is 0 Å². The summed E-state index contributed by atoms with van der Waals surface area (Å²) < 4.78 is 0. The summed E-state index contributed by atoms with van der Waals surface area (Å²) in [6.45, 7) is 5.53. The molecule has 1 atom stereocenters. The van der Waals surface area contributed by atoms with E-state index < -0.39 is 5.25 Å². The summed E-state index contributed by atoms with van der Waals surface area (Å²) in [6, 6.07) is 7.09. The molecular formula is C19H26ClN3O2S. The fourth-order valence-electron chi connectivity index (χ4n) is 2.52. The first kappa shape index (κ1) is 20.8. The molecule has 7 heteroatoms. The number of amidine groups is 1. The molecule has 142 valence electrons. The molecule has 1 aliphatic heterocycles. The smallest absolute Gasteiger partial charge is 0.238 e. The third-order valence-corrected chi connectivity index (χ3v) is 5.61. The highest BCUT2D eigenvalue weighted by Crippen LogP contribution is 2.29. The lowest BCUT2D eigenvalue weighted by atomic mass is 10.2. The average molecular weight is 396 g/mol. The van der Waals surface area contributed by atoms with Gasteiger partial charge in [-0.05, 0) is 25.0 Å². The third-order valence-electron chi connectivity index (χ3n) is 4.06. The molecule has 0 spiro atoms. The zero-order valence-electron chi connectivity index (χ0n) is 15.3. The molecule has 2 amide bonds. The van der Waals surface area contributed by atoms with Gasteiger partial charge in [-0.25, -0.2) is 0 Å². The number of aliphatic imine (C=N–C) groups is 1. The quantitative estimate of drug-likeness (QED) is 0.656. The number of nitrogens with one attached hydrogen (secondary N) is 1. The van der Waals surface area contributed by atoms with E-state index in [1.165, 1.54) is 11.8 Å². The fourth-order valence-corrected chi connectivity index (χ4v) is 3.84. The SMILES string of the molecule is CCCCN=C1S[C@@H](C(=O)Nc2ccccc2Cl)CC(=O)N1CCCC. The Morgan fingerprint density at radius 2 is 2.04 bits per heavy atom. The molecule has 1 aromatic carbocycles. The summed E-state index contributed by atoms with van der Waals surface area (Å²) in [7, 11) is 0. The second-order valence-electron chi connectivity index (χ2n) is 6.20. The molecule has 0 radical (unpaired) electrons. The zero-order valence-corrected chi connectivity index (χ0v) is 16.9. The normalized spacial score (nSPS) is 19.0. The molecule has 0 unspecified atom stereocenters. The number of nitrogens with zero attached hydrogens (tertiary/aromatic N) is 2. The summed E-state index contributed by atoms with van der Waals surface area (Å²) in [6.07, 6.45) is 4.12. The molecule has 1 N–H and O–H groups in total. The van der Waals surface area contributed by atoms with E-state index in [2.05, 4.69) is 24.2 Å². The number of amides is 2. The Balaban J connectivity index is 2.10. The maximum absolute atomic E-state index is 12.6. The molecule has 0 saturated carbocycles. The number of carbonyl (C=O) groups excluding carboxylic acids is 2. The van der Waals surface area contributed by atoms with Crippen molar-refractivity contribution in [3.63, 3.8) is 0 Å². The number of hydrogen-bond donors (Lipinski definition) is 1. The van der Waals surface area contributed by atoms with Crippen molar-refractivity contribution >= 4 is 46.0 Å². The number of para-hydroxylation sites is 1. The molecule has 1 aromatic rings. The summed E-state index contributed by atoms with van der Waals surface area (Å²) in [5.41, 5.74) is 0.560. The Labute approximate surface area is 164 Å².